The van der Waals surface area contributed by atoms with E-state index in [4.69, 9.17) is 0 Å². The second-order valence-electron chi connectivity index (χ2n) is 7.30. The van der Waals surface area contributed by atoms with Gasteiger partial charge in [-0.1, -0.05) is 32.0 Å². The van der Waals surface area contributed by atoms with Crippen LogP contribution in [0.3, 0.4) is 0 Å². The van der Waals surface area contributed by atoms with Gasteiger partial charge in [0.25, 0.3) is 5.91 Å². The highest BCUT2D eigenvalue weighted by Crippen LogP contribution is 2.46. The zero-order valence-corrected chi connectivity index (χ0v) is 13.7. The van der Waals surface area contributed by atoms with Crippen molar-refractivity contribution in [2.24, 2.45) is 11.3 Å². The first kappa shape index (κ1) is 15.5. The van der Waals surface area contributed by atoms with Gasteiger partial charge in [-0.05, 0) is 37.3 Å². The molecule has 1 aromatic rings. The summed E-state index contributed by atoms with van der Waals surface area (Å²) in [6.45, 7) is 7.61. The summed E-state index contributed by atoms with van der Waals surface area (Å²) in [7, 11) is 0. The number of carbonyl (C=O) groups is 1. The van der Waals surface area contributed by atoms with Gasteiger partial charge in [0, 0.05) is 30.7 Å². The van der Waals surface area contributed by atoms with Gasteiger partial charge in [0.2, 0.25) is 0 Å². The lowest BCUT2D eigenvalue weighted by atomic mass is 9.71. The molecule has 2 heterocycles. The molecule has 0 radical (unpaired) electrons. The maximum absolute atomic E-state index is 13.0. The number of hydrogen-bond acceptors (Lipinski definition) is 3. The zero-order valence-electron chi connectivity index (χ0n) is 13.7. The molecule has 0 aromatic heterocycles. The summed E-state index contributed by atoms with van der Waals surface area (Å²) in [6.07, 6.45) is 2.23. The molecule has 0 unspecified atom stereocenters. The Labute approximate surface area is 132 Å². The first-order chi connectivity index (χ1) is 10.5. The van der Waals surface area contributed by atoms with E-state index in [9.17, 15) is 9.90 Å². The van der Waals surface area contributed by atoms with E-state index in [-0.39, 0.29) is 35.9 Å². The predicted octanol–water partition coefficient (Wildman–Crippen LogP) is 2.55. The zero-order chi connectivity index (χ0) is 15.9. The fourth-order valence-electron chi connectivity index (χ4n) is 4.38. The molecule has 3 rings (SSSR count). The Morgan fingerprint density at radius 1 is 1.32 bits per heavy atom. The van der Waals surface area contributed by atoms with Crippen LogP contribution in [0, 0.1) is 11.3 Å². The van der Waals surface area contributed by atoms with Crippen molar-refractivity contribution in [2.45, 2.75) is 45.7 Å². The van der Waals surface area contributed by atoms with Gasteiger partial charge >= 0.3 is 0 Å². The summed E-state index contributed by atoms with van der Waals surface area (Å²) in [5.41, 5.74) is 0.834. The molecule has 120 valence electrons. The van der Waals surface area contributed by atoms with Crippen molar-refractivity contribution >= 4 is 5.91 Å². The highest BCUT2D eigenvalue weighted by molar-refractivity contribution is 5.94. The summed E-state index contributed by atoms with van der Waals surface area (Å²) in [5.74, 6) is 0.162. The molecule has 0 saturated carbocycles. The molecule has 4 nitrogen and oxygen atoms in total. The van der Waals surface area contributed by atoms with E-state index in [0.29, 0.717) is 0 Å². The van der Waals surface area contributed by atoms with Crippen LogP contribution in [0.15, 0.2) is 30.3 Å². The third kappa shape index (κ3) is 2.34. The predicted molar refractivity (Wildman–Crippen MR) is 86.2 cm³/mol. The minimum absolute atomic E-state index is 0.0279. The number of piperidine rings is 1. The Balaban J connectivity index is 1.96. The molecular weight excluding hydrogens is 276 g/mol. The van der Waals surface area contributed by atoms with Crippen LogP contribution in [0.2, 0.25) is 0 Å². The summed E-state index contributed by atoms with van der Waals surface area (Å²) < 4.78 is 0. The molecule has 1 aromatic carbocycles. The molecule has 0 spiro atoms. The van der Waals surface area contributed by atoms with Crippen molar-refractivity contribution in [3.63, 3.8) is 0 Å². The largest absolute Gasteiger partial charge is 0.396 e. The van der Waals surface area contributed by atoms with Gasteiger partial charge in [0.15, 0.2) is 0 Å². The summed E-state index contributed by atoms with van der Waals surface area (Å²) in [6, 6.07) is 9.71. The van der Waals surface area contributed by atoms with E-state index in [2.05, 4.69) is 25.8 Å². The molecule has 1 N–H and O–H groups in total. The molecule has 3 atom stereocenters. The van der Waals surface area contributed by atoms with Crippen LogP contribution in [-0.2, 0) is 0 Å². The van der Waals surface area contributed by atoms with Gasteiger partial charge in [-0.3, -0.25) is 9.80 Å². The third-order valence-electron chi connectivity index (χ3n) is 5.46. The Morgan fingerprint density at radius 3 is 2.64 bits per heavy atom. The molecular formula is C18H26N2O2. The van der Waals surface area contributed by atoms with Crippen molar-refractivity contribution in [1.82, 2.24) is 10.0 Å². The van der Waals surface area contributed by atoms with Gasteiger partial charge in [-0.15, -0.1) is 0 Å². The minimum atomic E-state index is 0.0279. The van der Waals surface area contributed by atoms with Crippen molar-refractivity contribution in [3.05, 3.63) is 35.9 Å². The number of fused-ring (bicyclic) bond motifs is 1. The van der Waals surface area contributed by atoms with E-state index in [0.717, 1.165) is 24.9 Å². The number of hydrogen-bond donors (Lipinski definition) is 1. The normalized spacial score (nSPS) is 31.1. The quantitative estimate of drug-likeness (QED) is 0.913. The number of benzene rings is 1. The maximum Gasteiger partial charge on any atom is 0.268 e. The van der Waals surface area contributed by atoms with Crippen molar-refractivity contribution in [2.75, 3.05) is 13.2 Å². The lowest BCUT2D eigenvalue weighted by molar-refractivity contribution is -0.0607. The Kier molecular flexibility index (Phi) is 4.00. The topological polar surface area (TPSA) is 43.8 Å². The number of aliphatic hydroxyl groups excluding tert-OH is 1. The Hall–Kier alpha value is -1.39. The Morgan fingerprint density at radius 2 is 2.00 bits per heavy atom. The third-order valence-corrected chi connectivity index (χ3v) is 5.46. The molecule has 0 aliphatic carbocycles. The Bertz CT molecular complexity index is 543. The van der Waals surface area contributed by atoms with Gasteiger partial charge in [0.1, 0.15) is 0 Å². The summed E-state index contributed by atoms with van der Waals surface area (Å²) in [4.78, 5) is 13.0. The van der Waals surface area contributed by atoms with Gasteiger partial charge in [-0.25, -0.2) is 5.01 Å². The monoisotopic (exact) mass is 302 g/mol. The van der Waals surface area contributed by atoms with Crippen LogP contribution in [0.5, 0.6) is 0 Å². The number of amides is 1. The average molecular weight is 302 g/mol. The molecule has 4 heteroatoms. The second kappa shape index (κ2) is 5.67. The first-order valence-corrected chi connectivity index (χ1v) is 8.23. The van der Waals surface area contributed by atoms with Gasteiger partial charge in [0.05, 0.1) is 6.04 Å². The van der Waals surface area contributed by atoms with Crippen molar-refractivity contribution < 1.29 is 9.90 Å². The fraction of sp³-hybridized carbons (Fsp3) is 0.611. The molecule has 1 amide bonds. The molecule has 2 fully saturated rings. The summed E-state index contributed by atoms with van der Waals surface area (Å²) >= 11 is 0. The fourth-order valence-corrected chi connectivity index (χ4v) is 4.38. The lowest BCUT2D eigenvalue weighted by Gasteiger charge is -2.46. The lowest BCUT2D eigenvalue weighted by Crippen LogP contribution is -2.54. The van der Waals surface area contributed by atoms with E-state index in [1.807, 2.05) is 35.3 Å². The van der Waals surface area contributed by atoms with Gasteiger partial charge < -0.3 is 5.11 Å². The van der Waals surface area contributed by atoms with Crippen LogP contribution in [0.1, 0.15) is 44.0 Å². The highest BCUT2D eigenvalue weighted by atomic mass is 16.3. The van der Waals surface area contributed by atoms with Crippen molar-refractivity contribution in [3.8, 4) is 0 Å². The highest BCUT2D eigenvalue weighted by Gasteiger charge is 2.54. The number of nitrogens with zero attached hydrogens (tertiary/aromatic N) is 2. The number of rotatable bonds is 2. The van der Waals surface area contributed by atoms with Crippen molar-refractivity contribution in [1.29, 1.82) is 0 Å². The minimum Gasteiger partial charge on any atom is -0.396 e. The van der Waals surface area contributed by atoms with Gasteiger partial charge in [-0.2, -0.15) is 0 Å². The standard InChI is InChI=1S/C18H26N2O2/c1-13-15(12-21)16-18(2,3)10-7-11-19(16)20(13)17(22)14-8-5-4-6-9-14/h4-6,8-9,13,15-16,21H,7,10-12H2,1-3H3/t13-,15-,16-/m0/s1. The molecule has 2 aliphatic rings. The molecule has 22 heavy (non-hydrogen) atoms. The smallest absolute Gasteiger partial charge is 0.268 e. The molecule has 2 saturated heterocycles. The van der Waals surface area contributed by atoms with E-state index in [1.54, 1.807) is 0 Å². The number of hydrazine groups is 1. The van der Waals surface area contributed by atoms with Crippen LogP contribution in [0.25, 0.3) is 0 Å². The summed E-state index contributed by atoms with van der Waals surface area (Å²) in [5, 5.41) is 14.0. The van der Waals surface area contributed by atoms with Crippen LogP contribution < -0.4 is 0 Å². The van der Waals surface area contributed by atoms with E-state index in [1.165, 1.54) is 0 Å². The van der Waals surface area contributed by atoms with E-state index < -0.39 is 0 Å². The number of carbonyl (C=O) groups excluding carboxylic acids is 1. The SMILES string of the molecule is C[C@H]1[C@H](CO)[C@@H]2N(CCCC2(C)C)N1C(=O)c1ccccc1. The average Bonchev–Trinajstić information content (AvgIpc) is 2.80. The number of aliphatic hydroxyl groups is 1. The van der Waals surface area contributed by atoms with E-state index >= 15 is 0 Å². The van der Waals surface area contributed by atoms with Crippen LogP contribution in [-0.4, -0.2) is 46.3 Å². The first-order valence-electron chi connectivity index (χ1n) is 8.23. The second-order valence-corrected chi connectivity index (χ2v) is 7.30. The van der Waals surface area contributed by atoms with Crippen LogP contribution in [0.4, 0.5) is 0 Å². The maximum atomic E-state index is 13.0. The molecule has 2 aliphatic heterocycles. The molecule has 0 bridgehead atoms. The van der Waals surface area contributed by atoms with Crippen LogP contribution >= 0.6 is 0 Å².